The number of pyridine rings is 1. The van der Waals surface area contributed by atoms with Gasteiger partial charge in [-0.2, -0.15) is 5.10 Å². The van der Waals surface area contributed by atoms with Gasteiger partial charge in [-0.05, 0) is 38.0 Å². The van der Waals surface area contributed by atoms with E-state index in [1.807, 2.05) is 23.6 Å². The first kappa shape index (κ1) is 12.7. The van der Waals surface area contributed by atoms with Crippen LogP contribution in [0.15, 0.2) is 36.4 Å². The number of rotatable bonds is 3. The van der Waals surface area contributed by atoms with Gasteiger partial charge in [0.15, 0.2) is 11.5 Å². The standard InChI is InChI=1S/C16H18N4/c1-11-3-5-13(6-4-11)7-9-15-18-16-10-8-14(17)12(2)20(16)19-15/h3-6,8,10H,7,9,17H2,1-2H3. The molecule has 0 spiro atoms. The first-order chi connectivity index (χ1) is 9.63. The second-order valence-corrected chi connectivity index (χ2v) is 5.16. The Morgan fingerprint density at radius 3 is 2.50 bits per heavy atom. The molecule has 2 heterocycles. The fourth-order valence-corrected chi connectivity index (χ4v) is 2.25. The van der Waals surface area contributed by atoms with E-state index in [-0.39, 0.29) is 0 Å². The van der Waals surface area contributed by atoms with Gasteiger partial charge >= 0.3 is 0 Å². The van der Waals surface area contributed by atoms with E-state index in [2.05, 4.69) is 41.3 Å². The Balaban J connectivity index is 1.81. The SMILES string of the molecule is Cc1ccc(CCc2nc3ccc(N)c(C)n3n2)cc1. The van der Waals surface area contributed by atoms with Crippen molar-refractivity contribution in [3.05, 3.63) is 59.0 Å². The lowest BCUT2D eigenvalue weighted by atomic mass is 10.1. The molecule has 0 radical (unpaired) electrons. The molecule has 0 amide bonds. The van der Waals surface area contributed by atoms with Crippen LogP contribution in [0.2, 0.25) is 0 Å². The van der Waals surface area contributed by atoms with Gasteiger partial charge in [-0.15, -0.1) is 0 Å². The third-order valence-corrected chi connectivity index (χ3v) is 3.58. The molecular formula is C16H18N4. The quantitative estimate of drug-likeness (QED) is 0.793. The van der Waals surface area contributed by atoms with E-state index in [1.165, 1.54) is 11.1 Å². The summed E-state index contributed by atoms with van der Waals surface area (Å²) in [5.74, 6) is 0.860. The van der Waals surface area contributed by atoms with Crippen LogP contribution in [-0.2, 0) is 12.8 Å². The molecule has 0 aliphatic carbocycles. The summed E-state index contributed by atoms with van der Waals surface area (Å²) in [5, 5.41) is 4.53. The monoisotopic (exact) mass is 266 g/mol. The van der Waals surface area contributed by atoms with E-state index in [1.54, 1.807) is 0 Å². The maximum atomic E-state index is 5.89. The van der Waals surface area contributed by atoms with Crippen LogP contribution < -0.4 is 5.73 Å². The van der Waals surface area contributed by atoms with Crippen LogP contribution in [0.4, 0.5) is 5.69 Å². The third kappa shape index (κ3) is 2.37. The highest BCUT2D eigenvalue weighted by atomic mass is 15.3. The minimum atomic E-state index is 0.743. The van der Waals surface area contributed by atoms with E-state index < -0.39 is 0 Å². The molecule has 0 aliphatic rings. The molecule has 4 heteroatoms. The van der Waals surface area contributed by atoms with Crippen LogP contribution in [0.25, 0.3) is 5.65 Å². The zero-order valence-corrected chi connectivity index (χ0v) is 11.8. The van der Waals surface area contributed by atoms with Gasteiger partial charge in [-0.3, -0.25) is 0 Å². The molecule has 3 aromatic rings. The van der Waals surface area contributed by atoms with E-state index in [9.17, 15) is 0 Å². The molecule has 0 fully saturated rings. The van der Waals surface area contributed by atoms with Gasteiger partial charge in [0.25, 0.3) is 0 Å². The van der Waals surface area contributed by atoms with Crippen molar-refractivity contribution in [3.8, 4) is 0 Å². The van der Waals surface area contributed by atoms with Crippen molar-refractivity contribution >= 4 is 11.3 Å². The Morgan fingerprint density at radius 2 is 1.75 bits per heavy atom. The highest BCUT2D eigenvalue weighted by Crippen LogP contribution is 2.13. The molecule has 2 aromatic heterocycles. The van der Waals surface area contributed by atoms with Gasteiger partial charge in [0.1, 0.15) is 0 Å². The molecule has 102 valence electrons. The number of benzene rings is 1. The summed E-state index contributed by atoms with van der Waals surface area (Å²) < 4.78 is 1.82. The molecule has 2 N–H and O–H groups in total. The minimum Gasteiger partial charge on any atom is -0.397 e. The van der Waals surface area contributed by atoms with Gasteiger partial charge in [0.2, 0.25) is 0 Å². The molecule has 0 atom stereocenters. The maximum absolute atomic E-state index is 5.89. The number of nitrogens with two attached hydrogens (primary N) is 1. The van der Waals surface area contributed by atoms with Crippen LogP contribution in [0, 0.1) is 13.8 Å². The first-order valence-electron chi connectivity index (χ1n) is 6.80. The zero-order chi connectivity index (χ0) is 14.1. The predicted octanol–water partition coefficient (Wildman–Crippen LogP) is 2.71. The largest absolute Gasteiger partial charge is 0.397 e. The Hall–Kier alpha value is -2.36. The number of hydrogen-bond acceptors (Lipinski definition) is 3. The molecule has 3 rings (SSSR count). The number of fused-ring (bicyclic) bond motifs is 1. The van der Waals surface area contributed by atoms with Crippen molar-refractivity contribution in [2.75, 3.05) is 5.73 Å². The van der Waals surface area contributed by atoms with Gasteiger partial charge in [-0.25, -0.2) is 9.50 Å². The third-order valence-electron chi connectivity index (χ3n) is 3.58. The van der Waals surface area contributed by atoms with Crippen LogP contribution in [0.3, 0.4) is 0 Å². The highest BCUT2D eigenvalue weighted by Gasteiger charge is 2.07. The van der Waals surface area contributed by atoms with E-state index in [4.69, 9.17) is 5.73 Å². The Labute approximate surface area is 118 Å². The van der Waals surface area contributed by atoms with Crippen LogP contribution in [-0.4, -0.2) is 14.6 Å². The van der Waals surface area contributed by atoms with Crippen LogP contribution >= 0.6 is 0 Å². The number of nitrogens with zero attached hydrogens (tertiary/aromatic N) is 3. The molecule has 0 unspecified atom stereocenters. The number of aromatic nitrogens is 3. The van der Waals surface area contributed by atoms with E-state index >= 15 is 0 Å². The van der Waals surface area contributed by atoms with E-state index in [0.717, 1.165) is 35.7 Å². The summed E-state index contributed by atoms with van der Waals surface area (Å²) in [6.07, 6.45) is 1.79. The number of aryl methyl sites for hydroxylation is 4. The average molecular weight is 266 g/mol. The second kappa shape index (κ2) is 4.96. The lowest BCUT2D eigenvalue weighted by molar-refractivity contribution is 0.824. The highest BCUT2D eigenvalue weighted by molar-refractivity contribution is 5.51. The van der Waals surface area contributed by atoms with Crippen molar-refractivity contribution in [1.82, 2.24) is 14.6 Å². The molecule has 0 bridgehead atoms. The summed E-state index contributed by atoms with van der Waals surface area (Å²) in [6, 6.07) is 12.4. The molecule has 20 heavy (non-hydrogen) atoms. The lowest BCUT2D eigenvalue weighted by Gasteiger charge is -2.00. The molecule has 0 aliphatic heterocycles. The average Bonchev–Trinajstić information content (AvgIpc) is 2.86. The number of hydrogen-bond donors (Lipinski definition) is 1. The smallest absolute Gasteiger partial charge is 0.156 e. The van der Waals surface area contributed by atoms with Crippen molar-refractivity contribution in [2.45, 2.75) is 26.7 Å². The van der Waals surface area contributed by atoms with Crippen molar-refractivity contribution in [1.29, 1.82) is 0 Å². The summed E-state index contributed by atoms with van der Waals surface area (Å²) in [5.41, 5.74) is 11.0. The van der Waals surface area contributed by atoms with Crippen molar-refractivity contribution in [2.24, 2.45) is 0 Å². The van der Waals surface area contributed by atoms with Crippen molar-refractivity contribution < 1.29 is 0 Å². The fourth-order valence-electron chi connectivity index (χ4n) is 2.25. The number of anilines is 1. The Morgan fingerprint density at radius 1 is 1.00 bits per heavy atom. The summed E-state index contributed by atoms with van der Waals surface area (Å²) >= 11 is 0. The Kier molecular flexibility index (Phi) is 3.14. The maximum Gasteiger partial charge on any atom is 0.156 e. The topological polar surface area (TPSA) is 56.2 Å². The van der Waals surface area contributed by atoms with Crippen LogP contribution in [0.5, 0.6) is 0 Å². The minimum absolute atomic E-state index is 0.743. The molecule has 4 nitrogen and oxygen atoms in total. The first-order valence-corrected chi connectivity index (χ1v) is 6.80. The summed E-state index contributed by atoms with van der Waals surface area (Å²) in [4.78, 5) is 4.54. The van der Waals surface area contributed by atoms with Gasteiger partial charge in [0.05, 0.1) is 11.4 Å². The molecular weight excluding hydrogens is 248 g/mol. The van der Waals surface area contributed by atoms with Gasteiger partial charge < -0.3 is 5.73 Å². The Bertz CT molecular complexity index is 741. The second-order valence-electron chi connectivity index (χ2n) is 5.16. The number of nitrogen functional groups attached to an aromatic ring is 1. The lowest BCUT2D eigenvalue weighted by Crippen LogP contribution is -1.99. The van der Waals surface area contributed by atoms with Gasteiger partial charge in [-0.1, -0.05) is 29.8 Å². The predicted molar refractivity (Wildman–Crippen MR) is 80.7 cm³/mol. The van der Waals surface area contributed by atoms with Crippen molar-refractivity contribution in [3.63, 3.8) is 0 Å². The van der Waals surface area contributed by atoms with Gasteiger partial charge in [0, 0.05) is 6.42 Å². The molecule has 1 aromatic carbocycles. The summed E-state index contributed by atoms with van der Waals surface area (Å²) in [6.45, 7) is 4.06. The molecule has 0 saturated carbocycles. The fraction of sp³-hybridized carbons (Fsp3) is 0.250. The summed E-state index contributed by atoms with van der Waals surface area (Å²) in [7, 11) is 0. The normalized spacial score (nSPS) is 11.1. The molecule has 0 saturated heterocycles. The zero-order valence-electron chi connectivity index (χ0n) is 11.8. The van der Waals surface area contributed by atoms with Crippen LogP contribution in [0.1, 0.15) is 22.6 Å². The van der Waals surface area contributed by atoms with E-state index in [0.29, 0.717) is 0 Å².